The molecule has 1 aromatic rings. The fraction of sp³-hybridized carbons (Fsp3) is 0.556. The smallest absolute Gasteiger partial charge is 0.210 e. The van der Waals surface area contributed by atoms with Gasteiger partial charge in [0.25, 0.3) is 0 Å². The van der Waals surface area contributed by atoms with Crippen LogP contribution in [0.2, 0.25) is 0 Å². The predicted molar refractivity (Wildman–Crippen MR) is 64.7 cm³/mol. The average Bonchev–Trinajstić information content (AvgIpc) is 2.92. The quantitative estimate of drug-likeness (QED) is 0.929. The Balaban J connectivity index is 2.12. The van der Waals surface area contributed by atoms with E-state index < -0.39 is 10.0 Å². The van der Waals surface area contributed by atoms with Crippen molar-refractivity contribution in [2.24, 2.45) is 5.92 Å². The van der Waals surface area contributed by atoms with Crippen LogP contribution >= 0.6 is 27.3 Å². The molecule has 1 heterocycles. The molecule has 1 aliphatic carbocycles. The molecule has 0 radical (unpaired) electrons. The van der Waals surface area contributed by atoms with Gasteiger partial charge in [-0.05, 0) is 53.2 Å². The molecular formula is C9H12BrNO2S2. The molecular weight excluding hydrogens is 298 g/mol. The second-order valence-corrected chi connectivity index (χ2v) is 8.18. The van der Waals surface area contributed by atoms with Crippen LogP contribution in [0, 0.1) is 12.8 Å². The van der Waals surface area contributed by atoms with Crippen LogP contribution in [0.1, 0.15) is 18.4 Å². The summed E-state index contributed by atoms with van der Waals surface area (Å²) in [4.78, 5) is 0. The fourth-order valence-electron chi connectivity index (χ4n) is 1.18. The molecule has 0 aromatic carbocycles. The van der Waals surface area contributed by atoms with Gasteiger partial charge in [0.05, 0.1) is 3.79 Å². The van der Waals surface area contributed by atoms with Crippen LogP contribution in [0.4, 0.5) is 0 Å². The van der Waals surface area contributed by atoms with E-state index in [2.05, 4.69) is 20.7 Å². The first-order chi connectivity index (χ1) is 6.99. The Kier molecular flexibility index (Phi) is 3.21. The molecule has 3 nitrogen and oxygen atoms in total. The van der Waals surface area contributed by atoms with Crippen LogP contribution in [-0.4, -0.2) is 15.0 Å². The van der Waals surface area contributed by atoms with E-state index in [1.54, 1.807) is 6.07 Å². The molecule has 1 aromatic heterocycles. The minimum atomic E-state index is -3.28. The van der Waals surface area contributed by atoms with E-state index in [9.17, 15) is 8.42 Å². The van der Waals surface area contributed by atoms with Gasteiger partial charge in [-0.1, -0.05) is 0 Å². The summed E-state index contributed by atoms with van der Waals surface area (Å²) >= 11 is 4.59. The van der Waals surface area contributed by atoms with Crippen LogP contribution in [0.15, 0.2) is 14.1 Å². The molecule has 0 aliphatic heterocycles. The molecule has 15 heavy (non-hydrogen) atoms. The lowest BCUT2D eigenvalue weighted by Crippen LogP contribution is -2.25. The van der Waals surface area contributed by atoms with Crippen molar-refractivity contribution in [2.75, 3.05) is 6.54 Å². The molecule has 1 N–H and O–H groups in total. The van der Waals surface area contributed by atoms with Crippen molar-refractivity contribution < 1.29 is 8.42 Å². The number of hydrogen-bond acceptors (Lipinski definition) is 3. The van der Waals surface area contributed by atoms with Gasteiger partial charge in [-0.3, -0.25) is 0 Å². The molecule has 0 unspecified atom stereocenters. The number of nitrogens with one attached hydrogen (secondary N) is 1. The van der Waals surface area contributed by atoms with Crippen molar-refractivity contribution in [1.29, 1.82) is 0 Å². The first-order valence-corrected chi connectivity index (χ1v) is 7.84. The molecule has 0 bridgehead atoms. The lowest BCUT2D eigenvalue weighted by molar-refractivity contribution is 0.579. The van der Waals surface area contributed by atoms with Gasteiger partial charge in [0.2, 0.25) is 10.0 Å². The third-order valence-electron chi connectivity index (χ3n) is 2.36. The summed E-state index contributed by atoms with van der Waals surface area (Å²) < 4.78 is 27.5. The van der Waals surface area contributed by atoms with Crippen LogP contribution in [0.25, 0.3) is 0 Å². The zero-order chi connectivity index (χ0) is 11.1. The van der Waals surface area contributed by atoms with E-state index in [-0.39, 0.29) is 0 Å². The topological polar surface area (TPSA) is 46.2 Å². The van der Waals surface area contributed by atoms with Gasteiger partial charge >= 0.3 is 0 Å². The zero-order valence-corrected chi connectivity index (χ0v) is 11.5. The maximum atomic E-state index is 11.8. The normalized spacial score (nSPS) is 16.9. The molecule has 1 saturated carbocycles. The summed E-state index contributed by atoms with van der Waals surface area (Å²) in [6.07, 6.45) is 2.30. The maximum Gasteiger partial charge on any atom is 0.250 e. The third-order valence-corrected chi connectivity index (χ3v) is 6.39. The largest absolute Gasteiger partial charge is 0.250 e. The predicted octanol–water partition coefficient (Wildman–Crippen LogP) is 2.51. The SMILES string of the molecule is Cc1cc(S(=O)(=O)NCC2CC2)sc1Br. The second-order valence-electron chi connectivity index (χ2n) is 3.82. The van der Waals surface area contributed by atoms with Crippen LogP contribution in [0.5, 0.6) is 0 Å². The van der Waals surface area contributed by atoms with Crippen molar-refractivity contribution in [3.05, 3.63) is 15.4 Å². The Morgan fingerprint density at radius 2 is 2.27 bits per heavy atom. The van der Waals surface area contributed by atoms with Gasteiger partial charge in [0.1, 0.15) is 4.21 Å². The van der Waals surface area contributed by atoms with E-state index in [0.717, 1.165) is 22.2 Å². The molecule has 0 amide bonds. The summed E-state index contributed by atoms with van der Waals surface area (Å²) in [6, 6.07) is 1.70. The van der Waals surface area contributed by atoms with Gasteiger partial charge < -0.3 is 0 Å². The van der Waals surface area contributed by atoms with Crippen LogP contribution in [-0.2, 0) is 10.0 Å². The minimum absolute atomic E-state index is 0.396. The lowest BCUT2D eigenvalue weighted by Gasteiger charge is -2.02. The fourth-order valence-corrected chi connectivity index (χ4v) is 4.57. The van der Waals surface area contributed by atoms with E-state index in [0.29, 0.717) is 16.7 Å². The van der Waals surface area contributed by atoms with Crippen LogP contribution in [0.3, 0.4) is 0 Å². The van der Waals surface area contributed by atoms with Crippen LogP contribution < -0.4 is 4.72 Å². The van der Waals surface area contributed by atoms with E-state index in [4.69, 9.17) is 0 Å². The van der Waals surface area contributed by atoms with Gasteiger partial charge in [-0.25, -0.2) is 13.1 Å². The molecule has 0 saturated heterocycles. The van der Waals surface area contributed by atoms with Crippen molar-refractivity contribution in [1.82, 2.24) is 4.72 Å². The Hall–Kier alpha value is 0.0900. The number of thiophene rings is 1. The monoisotopic (exact) mass is 309 g/mol. The first-order valence-electron chi connectivity index (χ1n) is 4.74. The highest BCUT2D eigenvalue weighted by molar-refractivity contribution is 9.11. The lowest BCUT2D eigenvalue weighted by atomic mass is 10.4. The van der Waals surface area contributed by atoms with E-state index in [1.165, 1.54) is 11.3 Å². The molecule has 1 aliphatic rings. The summed E-state index contributed by atoms with van der Waals surface area (Å²) in [6.45, 7) is 2.47. The number of sulfonamides is 1. The van der Waals surface area contributed by atoms with Crippen molar-refractivity contribution in [3.63, 3.8) is 0 Å². The van der Waals surface area contributed by atoms with Crippen molar-refractivity contribution in [2.45, 2.75) is 24.0 Å². The molecule has 0 atom stereocenters. The highest BCUT2D eigenvalue weighted by atomic mass is 79.9. The van der Waals surface area contributed by atoms with Gasteiger partial charge in [0.15, 0.2) is 0 Å². The Labute approximate surface area is 102 Å². The number of halogens is 1. The molecule has 6 heteroatoms. The average molecular weight is 310 g/mol. The maximum absolute atomic E-state index is 11.8. The third kappa shape index (κ3) is 2.81. The van der Waals surface area contributed by atoms with Crippen molar-refractivity contribution >= 4 is 37.3 Å². The number of hydrogen-bond donors (Lipinski definition) is 1. The highest BCUT2D eigenvalue weighted by Crippen LogP contribution is 2.31. The molecule has 84 valence electrons. The second kappa shape index (κ2) is 4.16. The summed E-state index contributed by atoms with van der Waals surface area (Å²) in [5.41, 5.74) is 0.965. The van der Waals surface area contributed by atoms with E-state index in [1.807, 2.05) is 6.92 Å². The Morgan fingerprint density at radius 3 is 2.73 bits per heavy atom. The van der Waals surface area contributed by atoms with Gasteiger partial charge in [-0.15, -0.1) is 11.3 Å². The highest BCUT2D eigenvalue weighted by Gasteiger charge is 2.25. The van der Waals surface area contributed by atoms with Gasteiger partial charge in [-0.2, -0.15) is 0 Å². The molecule has 1 fully saturated rings. The Morgan fingerprint density at radius 1 is 1.60 bits per heavy atom. The summed E-state index contributed by atoms with van der Waals surface area (Å²) in [5.74, 6) is 0.560. The molecule has 0 spiro atoms. The van der Waals surface area contributed by atoms with Gasteiger partial charge in [0, 0.05) is 6.54 Å². The summed E-state index contributed by atoms with van der Waals surface area (Å²) in [7, 11) is -3.28. The zero-order valence-electron chi connectivity index (χ0n) is 8.29. The van der Waals surface area contributed by atoms with E-state index >= 15 is 0 Å². The molecule has 2 rings (SSSR count). The van der Waals surface area contributed by atoms with Crippen molar-refractivity contribution in [3.8, 4) is 0 Å². The summed E-state index contributed by atoms with van der Waals surface area (Å²) in [5, 5.41) is 0. The minimum Gasteiger partial charge on any atom is -0.210 e. The standard InChI is InChI=1S/C9H12BrNO2S2/c1-6-4-8(14-9(6)10)15(12,13)11-5-7-2-3-7/h4,7,11H,2-3,5H2,1H3. The Bertz CT molecular complexity index is 443. The number of rotatable bonds is 4. The first kappa shape index (κ1) is 11.6. The number of aryl methyl sites for hydroxylation is 1.